The van der Waals surface area contributed by atoms with Gasteiger partial charge in [-0.25, -0.2) is 13.2 Å². The first-order chi connectivity index (χ1) is 7.99. The summed E-state index contributed by atoms with van der Waals surface area (Å²) in [5, 5.41) is 9.41. The second-order valence-corrected chi connectivity index (χ2v) is 3.82. The molecular weight excluding hydrogens is 253 g/mol. The van der Waals surface area contributed by atoms with E-state index in [1.807, 2.05) is 0 Å². The maximum atomic E-state index is 13.4. The fourth-order valence-corrected chi connectivity index (χ4v) is 1.60. The molecule has 2 aromatic rings. The molecule has 0 unspecified atom stereocenters. The van der Waals surface area contributed by atoms with E-state index < -0.39 is 23.0 Å². The first-order valence-corrected chi connectivity index (χ1v) is 5.00. The number of hydrogen-bond acceptors (Lipinski definition) is 1. The Balaban J connectivity index is 2.64. The van der Waals surface area contributed by atoms with Gasteiger partial charge in [0.25, 0.3) is 0 Å². The smallest absolute Gasteiger partial charge is 0.136 e. The summed E-state index contributed by atoms with van der Waals surface area (Å²) >= 11 is 5.58. The van der Waals surface area contributed by atoms with Crippen molar-refractivity contribution in [2.24, 2.45) is 0 Å². The highest BCUT2D eigenvalue weighted by Crippen LogP contribution is 2.32. The van der Waals surface area contributed by atoms with Crippen molar-refractivity contribution in [2.75, 3.05) is 0 Å². The molecule has 0 aliphatic carbocycles. The average Bonchev–Trinajstić information content (AvgIpc) is 2.21. The molecule has 88 valence electrons. The van der Waals surface area contributed by atoms with Crippen LogP contribution >= 0.6 is 11.6 Å². The number of benzene rings is 2. The van der Waals surface area contributed by atoms with Crippen molar-refractivity contribution >= 4 is 11.6 Å². The number of phenolic OH excluding ortho intramolecular Hbond substituents is 1. The average molecular weight is 259 g/mol. The third-order valence-corrected chi connectivity index (χ3v) is 2.56. The molecule has 2 aromatic carbocycles. The van der Waals surface area contributed by atoms with Crippen LogP contribution in [0.1, 0.15) is 0 Å². The fraction of sp³-hybridized carbons (Fsp3) is 0. The minimum absolute atomic E-state index is 0.0664. The fourth-order valence-electron chi connectivity index (χ4n) is 1.49. The van der Waals surface area contributed by atoms with E-state index in [9.17, 15) is 18.3 Å². The first-order valence-electron chi connectivity index (χ1n) is 4.62. The van der Waals surface area contributed by atoms with Gasteiger partial charge in [-0.1, -0.05) is 17.7 Å². The number of aromatic hydroxyl groups is 1. The van der Waals surface area contributed by atoms with Gasteiger partial charge in [-0.3, -0.25) is 0 Å². The normalized spacial score (nSPS) is 10.6. The van der Waals surface area contributed by atoms with Gasteiger partial charge in [-0.05, 0) is 17.7 Å². The van der Waals surface area contributed by atoms with Gasteiger partial charge in [0.15, 0.2) is 0 Å². The third-order valence-electron chi connectivity index (χ3n) is 2.24. The van der Waals surface area contributed by atoms with Gasteiger partial charge in [0.1, 0.15) is 23.2 Å². The van der Waals surface area contributed by atoms with Gasteiger partial charge in [0.05, 0.1) is 10.6 Å². The van der Waals surface area contributed by atoms with E-state index in [1.165, 1.54) is 12.1 Å². The summed E-state index contributed by atoms with van der Waals surface area (Å²) in [5.74, 6) is -3.37. The van der Waals surface area contributed by atoms with Crippen molar-refractivity contribution in [2.45, 2.75) is 0 Å². The van der Waals surface area contributed by atoms with E-state index in [2.05, 4.69) is 0 Å². The highest BCUT2D eigenvalue weighted by molar-refractivity contribution is 6.32. The zero-order chi connectivity index (χ0) is 12.6. The summed E-state index contributed by atoms with van der Waals surface area (Å²) in [6.45, 7) is 0. The minimum atomic E-state index is -1.04. The second-order valence-electron chi connectivity index (χ2n) is 3.41. The van der Waals surface area contributed by atoms with Crippen molar-refractivity contribution < 1.29 is 18.3 Å². The lowest BCUT2D eigenvalue weighted by atomic mass is 10.0. The summed E-state index contributed by atoms with van der Waals surface area (Å²) in [6.07, 6.45) is 0. The summed E-state index contributed by atoms with van der Waals surface area (Å²) in [5.41, 5.74) is -0.319. The van der Waals surface area contributed by atoms with Crippen LogP contribution in [-0.2, 0) is 0 Å². The van der Waals surface area contributed by atoms with E-state index in [4.69, 9.17) is 11.6 Å². The highest BCUT2D eigenvalue weighted by Gasteiger charge is 2.14. The van der Waals surface area contributed by atoms with Crippen LogP contribution < -0.4 is 0 Å². The molecule has 0 aliphatic rings. The SMILES string of the molecule is Oc1cc(-c2c(F)cc(F)cc2F)ccc1Cl. The lowest BCUT2D eigenvalue weighted by molar-refractivity contribution is 0.475. The second kappa shape index (κ2) is 4.30. The molecule has 0 aliphatic heterocycles. The van der Waals surface area contributed by atoms with Crippen LogP contribution in [0.4, 0.5) is 13.2 Å². The van der Waals surface area contributed by atoms with Crippen molar-refractivity contribution in [3.8, 4) is 16.9 Å². The molecule has 0 radical (unpaired) electrons. The maximum Gasteiger partial charge on any atom is 0.136 e. The number of hydrogen-bond donors (Lipinski definition) is 1. The molecule has 0 saturated heterocycles. The molecule has 17 heavy (non-hydrogen) atoms. The Morgan fingerprint density at radius 1 is 0.941 bits per heavy atom. The zero-order valence-corrected chi connectivity index (χ0v) is 9.10. The van der Waals surface area contributed by atoms with Crippen molar-refractivity contribution in [1.29, 1.82) is 0 Å². The molecular formula is C12H6ClF3O. The maximum absolute atomic E-state index is 13.4. The number of halogens is 4. The van der Waals surface area contributed by atoms with Crippen LogP contribution in [0.5, 0.6) is 5.75 Å². The Bertz CT molecular complexity index is 561. The Kier molecular flexibility index (Phi) is 2.98. The summed E-state index contributed by atoms with van der Waals surface area (Å²) in [7, 11) is 0. The van der Waals surface area contributed by atoms with Gasteiger partial charge in [0.2, 0.25) is 0 Å². The molecule has 0 spiro atoms. The van der Waals surface area contributed by atoms with Crippen LogP contribution in [0.2, 0.25) is 5.02 Å². The Morgan fingerprint density at radius 2 is 1.53 bits per heavy atom. The van der Waals surface area contributed by atoms with Gasteiger partial charge < -0.3 is 5.11 Å². The molecule has 0 fully saturated rings. The van der Waals surface area contributed by atoms with Crippen LogP contribution in [0.25, 0.3) is 11.1 Å². The van der Waals surface area contributed by atoms with Gasteiger partial charge in [0, 0.05) is 12.1 Å². The molecule has 1 nitrogen and oxygen atoms in total. The van der Waals surface area contributed by atoms with Crippen LogP contribution in [-0.4, -0.2) is 5.11 Å². The predicted molar refractivity (Wildman–Crippen MR) is 58.4 cm³/mol. The first kappa shape index (κ1) is 11.8. The van der Waals surface area contributed by atoms with E-state index in [-0.39, 0.29) is 16.3 Å². The van der Waals surface area contributed by atoms with Crippen molar-refractivity contribution in [3.05, 3.63) is 52.8 Å². The quantitative estimate of drug-likeness (QED) is 0.815. The summed E-state index contributed by atoms with van der Waals surface area (Å²) in [4.78, 5) is 0. The van der Waals surface area contributed by atoms with Crippen molar-refractivity contribution in [1.82, 2.24) is 0 Å². The van der Waals surface area contributed by atoms with E-state index >= 15 is 0 Å². The number of phenols is 1. The van der Waals surface area contributed by atoms with E-state index in [0.717, 1.165) is 6.07 Å². The van der Waals surface area contributed by atoms with Crippen molar-refractivity contribution in [3.63, 3.8) is 0 Å². The third kappa shape index (κ3) is 2.22. The lowest BCUT2D eigenvalue weighted by Gasteiger charge is -2.06. The molecule has 0 bridgehead atoms. The van der Waals surface area contributed by atoms with Gasteiger partial charge in [-0.15, -0.1) is 0 Å². The van der Waals surface area contributed by atoms with E-state index in [0.29, 0.717) is 12.1 Å². The number of rotatable bonds is 1. The van der Waals surface area contributed by atoms with Gasteiger partial charge >= 0.3 is 0 Å². The van der Waals surface area contributed by atoms with Crippen LogP contribution in [0.3, 0.4) is 0 Å². The molecule has 0 heterocycles. The molecule has 5 heteroatoms. The Morgan fingerprint density at radius 3 is 2.06 bits per heavy atom. The lowest BCUT2D eigenvalue weighted by Crippen LogP contribution is -1.92. The van der Waals surface area contributed by atoms with Crippen LogP contribution in [0.15, 0.2) is 30.3 Å². The predicted octanol–water partition coefficient (Wildman–Crippen LogP) is 4.13. The topological polar surface area (TPSA) is 20.2 Å². The molecule has 0 saturated carbocycles. The summed E-state index contributed by atoms with van der Waals surface area (Å²) < 4.78 is 39.6. The van der Waals surface area contributed by atoms with Gasteiger partial charge in [-0.2, -0.15) is 0 Å². The largest absolute Gasteiger partial charge is 0.506 e. The van der Waals surface area contributed by atoms with Crippen LogP contribution in [0, 0.1) is 17.5 Å². The zero-order valence-electron chi connectivity index (χ0n) is 8.35. The molecule has 0 atom stereocenters. The van der Waals surface area contributed by atoms with E-state index in [1.54, 1.807) is 0 Å². The minimum Gasteiger partial charge on any atom is -0.506 e. The molecule has 2 rings (SSSR count). The molecule has 0 amide bonds. The standard InChI is InChI=1S/C12H6ClF3O/c13-8-2-1-6(3-11(8)17)12-9(15)4-7(14)5-10(12)16/h1-5,17H. The Labute approximate surface area is 100 Å². The molecule has 0 aromatic heterocycles. The summed E-state index contributed by atoms with van der Waals surface area (Å²) in [6, 6.07) is 4.89. The Hall–Kier alpha value is -1.68. The molecule has 1 N–H and O–H groups in total. The monoisotopic (exact) mass is 258 g/mol. The highest BCUT2D eigenvalue weighted by atomic mass is 35.5.